The second-order valence-corrected chi connectivity index (χ2v) is 8.61. The number of furan rings is 1. The number of amides is 1. The molecule has 5 heteroatoms. The number of nitrogens with two attached hydrogens (primary N) is 1. The Morgan fingerprint density at radius 3 is 2.62 bits per heavy atom. The average Bonchev–Trinajstić information content (AvgIpc) is 3.10. The average molecular weight is 371 g/mol. The zero-order valence-corrected chi connectivity index (χ0v) is 15.7. The minimum absolute atomic E-state index is 0.0731. The fourth-order valence-electron chi connectivity index (χ4n) is 4.57. The van der Waals surface area contributed by atoms with Crippen molar-refractivity contribution in [3.8, 4) is 0 Å². The Morgan fingerprint density at radius 1 is 1.15 bits per heavy atom. The van der Waals surface area contributed by atoms with Crippen LogP contribution in [0.4, 0.5) is 0 Å². The summed E-state index contributed by atoms with van der Waals surface area (Å²) in [7, 11) is 0. The van der Waals surface area contributed by atoms with E-state index < -0.39 is 0 Å². The van der Waals surface area contributed by atoms with Gasteiger partial charge >= 0.3 is 0 Å². The van der Waals surface area contributed by atoms with Gasteiger partial charge in [-0.25, -0.2) is 0 Å². The maximum Gasteiger partial charge on any atom is 0.287 e. The van der Waals surface area contributed by atoms with Crippen LogP contribution in [-0.2, 0) is 5.75 Å². The number of fused-ring (bicyclic) bond motifs is 2. The first-order chi connectivity index (χ1) is 12.7. The monoisotopic (exact) mass is 370 g/mol. The second kappa shape index (κ2) is 7.89. The normalized spacial score (nSPS) is 27.9. The summed E-state index contributed by atoms with van der Waals surface area (Å²) in [6, 6.07) is 12.7. The summed E-state index contributed by atoms with van der Waals surface area (Å²) in [5.74, 6) is 2.14. The summed E-state index contributed by atoms with van der Waals surface area (Å²) in [4.78, 5) is 14.1. The Labute approximate surface area is 158 Å². The molecule has 2 aliphatic carbocycles. The summed E-state index contributed by atoms with van der Waals surface area (Å²) in [6.45, 7) is 0. The second-order valence-electron chi connectivity index (χ2n) is 7.56. The zero-order chi connectivity index (χ0) is 17.9. The highest BCUT2D eigenvalue weighted by Gasteiger charge is 2.40. The van der Waals surface area contributed by atoms with Crippen molar-refractivity contribution >= 4 is 17.7 Å². The highest BCUT2D eigenvalue weighted by atomic mass is 32.2. The first-order valence-electron chi connectivity index (χ1n) is 9.51. The van der Waals surface area contributed by atoms with Gasteiger partial charge < -0.3 is 15.5 Å². The van der Waals surface area contributed by atoms with Crippen LogP contribution in [0, 0.1) is 11.8 Å². The molecule has 1 aromatic heterocycles. The van der Waals surface area contributed by atoms with Gasteiger partial charge in [0.15, 0.2) is 5.76 Å². The summed E-state index contributed by atoms with van der Waals surface area (Å²) < 4.78 is 5.55. The molecule has 3 N–H and O–H groups in total. The van der Waals surface area contributed by atoms with E-state index in [1.807, 2.05) is 24.3 Å². The van der Waals surface area contributed by atoms with Gasteiger partial charge in [-0.05, 0) is 55.7 Å². The SMILES string of the molecule is NC1CC2CCCC(C1)C2NC(=O)c1occc1CSc1ccccc1. The van der Waals surface area contributed by atoms with Crippen LogP contribution in [0.25, 0.3) is 0 Å². The number of hydrogen-bond donors (Lipinski definition) is 2. The van der Waals surface area contributed by atoms with Crippen LogP contribution in [0.3, 0.4) is 0 Å². The van der Waals surface area contributed by atoms with Gasteiger partial charge in [-0.2, -0.15) is 0 Å². The van der Waals surface area contributed by atoms with E-state index in [2.05, 4.69) is 17.4 Å². The molecule has 0 radical (unpaired) electrons. The smallest absolute Gasteiger partial charge is 0.287 e. The molecule has 2 bridgehead atoms. The van der Waals surface area contributed by atoms with Crippen molar-refractivity contribution in [1.29, 1.82) is 0 Å². The van der Waals surface area contributed by atoms with Crippen molar-refractivity contribution in [3.63, 3.8) is 0 Å². The van der Waals surface area contributed by atoms with E-state index in [9.17, 15) is 4.79 Å². The number of hydrogen-bond acceptors (Lipinski definition) is 4. The van der Waals surface area contributed by atoms with Crippen molar-refractivity contribution in [2.75, 3.05) is 0 Å². The molecule has 1 amide bonds. The van der Waals surface area contributed by atoms with E-state index >= 15 is 0 Å². The summed E-state index contributed by atoms with van der Waals surface area (Å²) >= 11 is 1.72. The lowest BCUT2D eigenvalue weighted by atomic mass is 9.67. The fraction of sp³-hybridized carbons (Fsp3) is 0.476. The number of carbonyl (C=O) groups is 1. The van der Waals surface area contributed by atoms with Crippen molar-refractivity contribution in [2.24, 2.45) is 17.6 Å². The van der Waals surface area contributed by atoms with E-state index in [1.54, 1.807) is 18.0 Å². The Hall–Kier alpha value is -1.72. The summed E-state index contributed by atoms with van der Waals surface area (Å²) in [5.41, 5.74) is 7.15. The van der Waals surface area contributed by atoms with Gasteiger partial charge in [0, 0.05) is 28.3 Å². The molecule has 1 heterocycles. The molecule has 2 saturated carbocycles. The zero-order valence-electron chi connectivity index (χ0n) is 14.9. The van der Waals surface area contributed by atoms with Crippen LogP contribution in [0.15, 0.2) is 52.0 Å². The van der Waals surface area contributed by atoms with Gasteiger partial charge in [0.25, 0.3) is 5.91 Å². The molecule has 4 nitrogen and oxygen atoms in total. The molecule has 2 unspecified atom stereocenters. The highest BCUT2D eigenvalue weighted by molar-refractivity contribution is 7.98. The molecule has 1 aromatic carbocycles. The molecule has 0 spiro atoms. The Bertz CT molecular complexity index is 731. The van der Waals surface area contributed by atoms with Gasteiger partial charge in [-0.15, -0.1) is 11.8 Å². The number of carbonyl (C=O) groups excluding carboxylic acids is 1. The maximum atomic E-state index is 12.9. The van der Waals surface area contributed by atoms with Gasteiger partial charge in [-0.3, -0.25) is 4.79 Å². The third-order valence-electron chi connectivity index (χ3n) is 5.76. The van der Waals surface area contributed by atoms with E-state index in [4.69, 9.17) is 10.2 Å². The molecule has 4 rings (SSSR count). The minimum atomic E-state index is -0.0731. The van der Waals surface area contributed by atoms with Crippen LogP contribution < -0.4 is 11.1 Å². The Kier molecular flexibility index (Phi) is 5.36. The topological polar surface area (TPSA) is 68.3 Å². The van der Waals surface area contributed by atoms with E-state index in [-0.39, 0.29) is 11.9 Å². The predicted octanol–water partition coefficient (Wildman–Crippen LogP) is 4.21. The lowest BCUT2D eigenvalue weighted by molar-refractivity contribution is 0.0731. The maximum absolute atomic E-state index is 12.9. The number of rotatable bonds is 5. The molecule has 2 aromatic rings. The van der Waals surface area contributed by atoms with Crippen LogP contribution in [0.5, 0.6) is 0 Å². The van der Waals surface area contributed by atoms with Crippen molar-refractivity contribution in [1.82, 2.24) is 5.32 Å². The lowest BCUT2D eigenvalue weighted by Gasteiger charge is -2.45. The van der Waals surface area contributed by atoms with Crippen molar-refractivity contribution in [2.45, 2.75) is 54.8 Å². The largest absolute Gasteiger partial charge is 0.459 e. The number of nitrogens with one attached hydrogen (secondary N) is 1. The Balaban J connectivity index is 1.42. The molecule has 2 atom stereocenters. The quantitative estimate of drug-likeness (QED) is 0.774. The van der Waals surface area contributed by atoms with Crippen LogP contribution >= 0.6 is 11.8 Å². The van der Waals surface area contributed by atoms with Crippen molar-refractivity contribution < 1.29 is 9.21 Å². The third kappa shape index (κ3) is 3.84. The third-order valence-corrected chi connectivity index (χ3v) is 6.83. The predicted molar refractivity (Wildman–Crippen MR) is 104 cm³/mol. The molecule has 138 valence electrons. The number of thioether (sulfide) groups is 1. The first kappa shape index (κ1) is 17.7. The van der Waals surface area contributed by atoms with Crippen LogP contribution in [-0.4, -0.2) is 18.0 Å². The van der Waals surface area contributed by atoms with Crippen LogP contribution in [0.2, 0.25) is 0 Å². The molecule has 26 heavy (non-hydrogen) atoms. The molecule has 2 fully saturated rings. The van der Waals surface area contributed by atoms with Gasteiger partial charge in [0.2, 0.25) is 0 Å². The van der Waals surface area contributed by atoms with Gasteiger partial charge in [0.05, 0.1) is 6.26 Å². The minimum Gasteiger partial charge on any atom is -0.459 e. The standard InChI is InChI=1S/C21H26N2O2S/c22-17-11-14-5-4-6-15(12-17)19(14)23-21(24)20-16(9-10-25-20)13-26-18-7-2-1-3-8-18/h1-3,7-10,14-15,17,19H,4-6,11-13,22H2,(H,23,24). The Morgan fingerprint density at radius 2 is 1.88 bits per heavy atom. The van der Waals surface area contributed by atoms with E-state index in [0.717, 1.165) is 24.2 Å². The molecule has 0 saturated heterocycles. The molecular weight excluding hydrogens is 344 g/mol. The summed E-state index contributed by atoms with van der Waals surface area (Å²) in [5, 5.41) is 3.28. The fourth-order valence-corrected chi connectivity index (χ4v) is 5.47. The number of benzene rings is 1. The molecule has 2 aliphatic rings. The first-order valence-corrected chi connectivity index (χ1v) is 10.5. The van der Waals surface area contributed by atoms with Gasteiger partial charge in [-0.1, -0.05) is 24.6 Å². The highest BCUT2D eigenvalue weighted by Crippen LogP contribution is 2.40. The molecule has 0 aliphatic heterocycles. The lowest BCUT2D eigenvalue weighted by Crippen LogP contribution is -2.53. The van der Waals surface area contributed by atoms with Crippen molar-refractivity contribution in [3.05, 3.63) is 54.0 Å². The van der Waals surface area contributed by atoms with E-state index in [1.165, 1.54) is 24.2 Å². The van der Waals surface area contributed by atoms with Gasteiger partial charge in [0.1, 0.15) is 0 Å². The summed E-state index contributed by atoms with van der Waals surface area (Å²) in [6.07, 6.45) is 7.27. The van der Waals surface area contributed by atoms with E-state index in [0.29, 0.717) is 23.6 Å². The molecular formula is C21H26N2O2S. The van der Waals surface area contributed by atoms with Crippen LogP contribution in [0.1, 0.15) is 48.2 Å².